The minimum atomic E-state index is 0.292. The van der Waals surface area contributed by atoms with Gasteiger partial charge in [-0.2, -0.15) is 0 Å². The molecule has 23 heavy (non-hydrogen) atoms. The molecule has 3 nitrogen and oxygen atoms in total. The Morgan fingerprint density at radius 2 is 1.83 bits per heavy atom. The van der Waals surface area contributed by atoms with Crippen LogP contribution < -0.4 is 10.5 Å². The van der Waals surface area contributed by atoms with Crippen molar-refractivity contribution < 1.29 is 4.74 Å². The molecule has 3 heteroatoms. The molecular formula is C20H28N2O. The van der Waals surface area contributed by atoms with E-state index in [1.165, 1.54) is 12.8 Å². The molecule has 0 aliphatic heterocycles. The molecule has 0 unspecified atom stereocenters. The second-order valence-electron chi connectivity index (χ2n) is 7.96. The van der Waals surface area contributed by atoms with Crippen LogP contribution in [0.15, 0.2) is 24.3 Å². The van der Waals surface area contributed by atoms with Crippen molar-refractivity contribution in [3.05, 3.63) is 30.0 Å². The van der Waals surface area contributed by atoms with Gasteiger partial charge in [-0.3, -0.25) is 4.98 Å². The second-order valence-corrected chi connectivity index (χ2v) is 7.96. The molecule has 1 aromatic carbocycles. The molecule has 2 N–H and O–H groups in total. The van der Waals surface area contributed by atoms with Gasteiger partial charge < -0.3 is 10.5 Å². The second kappa shape index (κ2) is 6.03. The standard InChI is InChI=1S/C20H28N2O/c1-13-12-16(21)19-17(22-13)6-5-7-18(19)23-15-10-8-14(9-11-15)20(2,3)4/h5-7,12,14-15H,8-11H2,1-4H3,(H2,21,22)/t14-,15-. The fraction of sp³-hybridized carbons (Fsp3) is 0.550. The molecule has 124 valence electrons. The maximum atomic E-state index is 6.33. The van der Waals surface area contributed by atoms with Gasteiger partial charge in [0.05, 0.1) is 17.0 Å². The summed E-state index contributed by atoms with van der Waals surface area (Å²) in [6.07, 6.45) is 5.02. The van der Waals surface area contributed by atoms with Crippen molar-refractivity contribution in [2.45, 2.75) is 59.5 Å². The zero-order chi connectivity index (χ0) is 16.6. The van der Waals surface area contributed by atoms with Crippen molar-refractivity contribution in [1.29, 1.82) is 0 Å². The first kappa shape index (κ1) is 16.1. The molecule has 1 aliphatic carbocycles. The van der Waals surface area contributed by atoms with E-state index >= 15 is 0 Å². The summed E-state index contributed by atoms with van der Waals surface area (Å²) in [4.78, 5) is 4.57. The number of aromatic nitrogens is 1. The first-order chi connectivity index (χ1) is 10.8. The molecule has 1 fully saturated rings. The molecule has 0 spiro atoms. The van der Waals surface area contributed by atoms with Gasteiger partial charge in [0.15, 0.2) is 0 Å². The van der Waals surface area contributed by atoms with Crippen LogP contribution in [0.3, 0.4) is 0 Å². The lowest BCUT2D eigenvalue weighted by Gasteiger charge is -2.37. The number of nitrogens with zero attached hydrogens (tertiary/aromatic N) is 1. The van der Waals surface area contributed by atoms with Crippen LogP contribution in [0.5, 0.6) is 5.75 Å². The Kier molecular flexibility index (Phi) is 4.22. The fourth-order valence-electron chi connectivity index (χ4n) is 3.75. The Labute approximate surface area is 139 Å². The number of anilines is 1. The molecule has 3 rings (SSSR count). The van der Waals surface area contributed by atoms with Gasteiger partial charge in [0.1, 0.15) is 5.75 Å². The van der Waals surface area contributed by atoms with Crippen LogP contribution in [0.2, 0.25) is 0 Å². The van der Waals surface area contributed by atoms with Crippen molar-refractivity contribution in [1.82, 2.24) is 4.98 Å². The number of nitrogens with two attached hydrogens (primary N) is 1. The van der Waals surface area contributed by atoms with Crippen LogP contribution in [0.1, 0.15) is 52.1 Å². The van der Waals surface area contributed by atoms with Crippen LogP contribution in [0, 0.1) is 18.3 Å². The Morgan fingerprint density at radius 3 is 2.48 bits per heavy atom. The largest absolute Gasteiger partial charge is 0.490 e. The summed E-state index contributed by atoms with van der Waals surface area (Å²) in [5.41, 5.74) is 9.24. The summed E-state index contributed by atoms with van der Waals surface area (Å²) < 4.78 is 6.33. The highest BCUT2D eigenvalue weighted by atomic mass is 16.5. The van der Waals surface area contributed by atoms with Crippen molar-refractivity contribution in [3.8, 4) is 5.75 Å². The normalized spacial score (nSPS) is 22.3. The molecule has 0 saturated heterocycles. The van der Waals surface area contributed by atoms with E-state index in [0.717, 1.165) is 46.8 Å². The average Bonchev–Trinajstić information content (AvgIpc) is 2.46. The topological polar surface area (TPSA) is 48.1 Å². The molecule has 0 bridgehead atoms. The van der Waals surface area contributed by atoms with Gasteiger partial charge >= 0.3 is 0 Å². The predicted octanol–water partition coefficient (Wildman–Crippen LogP) is 5.11. The SMILES string of the molecule is Cc1cc(N)c2c(O[C@H]3CC[C@H](C(C)(C)C)CC3)cccc2n1. The Morgan fingerprint density at radius 1 is 1.13 bits per heavy atom. The Hall–Kier alpha value is -1.77. The molecule has 1 saturated carbocycles. The van der Waals surface area contributed by atoms with Gasteiger partial charge in [-0.15, -0.1) is 0 Å². The van der Waals surface area contributed by atoms with Gasteiger partial charge in [-0.05, 0) is 62.1 Å². The Balaban J connectivity index is 1.78. The van der Waals surface area contributed by atoms with Gasteiger partial charge in [0, 0.05) is 11.4 Å². The van der Waals surface area contributed by atoms with E-state index in [2.05, 4.69) is 25.8 Å². The first-order valence-electron chi connectivity index (χ1n) is 8.67. The predicted molar refractivity (Wildman–Crippen MR) is 96.7 cm³/mol. The van der Waals surface area contributed by atoms with Gasteiger partial charge in [0.2, 0.25) is 0 Å². The number of hydrogen-bond donors (Lipinski definition) is 1. The quantitative estimate of drug-likeness (QED) is 0.838. The van der Waals surface area contributed by atoms with Crippen molar-refractivity contribution >= 4 is 16.6 Å². The third-order valence-electron chi connectivity index (χ3n) is 5.15. The van der Waals surface area contributed by atoms with Gasteiger partial charge in [-0.25, -0.2) is 0 Å². The number of fused-ring (bicyclic) bond motifs is 1. The maximum absolute atomic E-state index is 6.33. The molecule has 0 amide bonds. The summed E-state index contributed by atoms with van der Waals surface area (Å²) in [7, 11) is 0. The highest BCUT2D eigenvalue weighted by molar-refractivity contribution is 5.95. The summed E-state index contributed by atoms with van der Waals surface area (Å²) in [5.74, 6) is 1.68. The van der Waals surface area contributed by atoms with E-state index in [9.17, 15) is 0 Å². The monoisotopic (exact) mass is 312 g/mol. The molecule has 0 radical (unpaired) electrons. The van der Waals surface area contributed by atoms with Crippen LogP contribution in [-0.4, -0.2) is 11.1 Å². The lowest BCUT2D eigenvalue weighted by atomic mass is 9.72. The van der Waals surface area contributed by atoms with E-state index in [4.69, 9.17) is 10.5 Å². The molecule has 1 aromatic heterocycles. The van der Waals surface area contributed by atoms with E-state index in [0.29, 0.717) is 11.5 Å². The lowest BCUT2D eigenvalue weighted by molar-refractivity contribution is 0.0892. The summed E-state index contributed by atoms with van der Waals surface area (Å²) >= 11 is 0. The lowest BCUT2D eigenvalue weighted by Crippen LogP contribution is -2.30. The summed E-state index contributed by atoms with van der Waals surface area (Å²) in [5, 5.41) is 0.955. The van der Waals surface area contributed by atoms with Crippen LogP contribution >= 0.6 is 0 Å². The molecule has 2 aromatic rings. The van der Waals surface area contributed by atoms with Gasteiger partial charge in [-0.1, -0.05) is 26.8 Å². The number of pyridine rings is 1. The van der Waals surface area contributed by atoms with Crippen LogP contribution in [0.4, 0.5) is 5.69 Å². The third kappa shape index (κ3) is 3.44. The van der Waals surface area contributed by atoms with E-state index in [-0.39, 0.29) is 0 Å². The zero-order valence-electron chi connectivity index (χ0n) is 14.7. The minimum Gasteiger partial charge on any atom is -0.490 e. The van der Waals surface area contributed by atoms with Crippen molar-refractivity contribution in [3.63, 3.8) is 0 Å². The number of aryl methyl sites for hydroxylation is 1. The van der Waals surface area contributed by atoms with E-state index < -0.39 is 0 Å². The average molecular weight is 312 g/mol. The molecule has 0 atom stereocenters. The highest BCUT2D eigenvalue weighted by Crippen LogP contribution is 2.39. The first-order valence-corrected chi connectivity index (χ1v) is 8.67. The minimum absolute atomic E-state index is 0.292. The molecule has 1 heterocycles. The highest BCUT2D eigenvalue weighted by Gasteiger charge is 2.30. The third-order valence-corrected chi connectivity index (χ3v) is 5.15. The number of hydrogen-bond acceptors (Lipinski definition) is 3. The van der Waals surface area contributed by atoms with Crippen molar-refractivity contribution in [2.24, 2.45) is 11.3 Å². The Bertz CT molecular complexity index is 695. The zero-order valence-corrected chi connectivity index (χ0v) is 14.7. The van der Waals surface area contributed by atoms with E-state index in [1.54, 1.807) is 0 Å². The number of benzene rings is 1. The maximum Gasteiger partial charge on any atom is 0.131 e. The van der Waals surface area contributed by atoms with Crippen molar-refractivity contribution in [2.75, 3.05) is 5.73 Å². The van der Waals surface area contributed by atoms with Gasteiger partial charge in [0.25, 0.3) is 0 Å². The van der Waals surface area contributed by atoms with Crippen LogP contribution in [0.25, 0.3) is 10.9 Å². The number of rotatable bonds is 2. The molecular weight excluding hydrogens is 284 g/mol. The number of nitrogen functional groups attached to an aromatic ring is 1. The molecule has 1 aliphatic rings. The summed E-state index contributed by atoms with van der Waals surface area (Å²) in [6, 6.07) is 7.95. The number of ether oxygens (including phenoxy) is 1. The van der Waals surface area contributed by atoms with E-state index in [1.807, 2.05) is 31.2 Å². The van der Waals surface area contributed by atoms with Crippen LogP contribution in [-0.2, 0) is 0 Å². The fourth-order valence-corrected chi connectivity index (χ4v) is 3.75. The smallest absolute Gasteiger partial charge is 0.131 e. The summed E-state index contributed by atoms with van der Waals surface area (Å²) in [6.45, 7) is 9.01.